The van der Waals surface area contributed by atoms with E-state index in [9.17, 15) is 0 Å². The van der Waals surface area contributed by atoms with Crippen LogP contribution in [0.2, 0.25) is 0 Å². The lowest BCUT2D eigenvalue weighted by Gasteiger charge is -2.04. The number of amidine groups is 1. The molecule has 1 aromatic carbocycles. The van der Waals surface area contributed by atoms with Crippen molar-refractivity contribution in [2.24, 2.45) is 10.9 Å². The quantitative estimate of drug-likeness (QED) is 0.189. The number of aromatic nitrogens is 4. The first-order valence-electron chi connectivity index (χ1n) is 5.96. The predicted molar refractivity (Wildman–Crippen MR) is 78.2 cm³/mol. The smallest absolute Gasteiger partial charge is 0.194 e. The van der Waals surface area contributed by atoms with Gasteiger partial charge in [0.15, 0.2) is 11.0 Å². The van der Waals surface area contributed by atoms with Crippen molar-refractivity contribution in [3.05, 3.63) is 48.5 Å². The van der Waals surface area contributed by atoms with E-state index >= 15 is 0 Å². The van der Waals surface area contributed by atoms with Crippen LogP contribution in [0.4, 0.5) is 0 Å². The van der Waals surface area contributed by atoms with Gasteiger partial charge in [-0.2, -0.15) is 0 Å². The summed E-state index contributed by atoms with van der Waals surface area (Å²) in [7, 11) is 0. The van der Waals surface area contributed by atoms with E-state index in [1.807, 2.05) is 24.3 Å². The summed E-state index contributed by atoms with van der Waals surface area (Å²) < 4.78 is 0. The fraction of sp³-hybridized carbons (Fsp3) is 0. The van der Waals surface area contributed by atoms with Crippen molar-refractivity contribution < 1.29 is 5.21 Å². The van der Waals surface area contributed by atoms with Gasteiger partial charge in [0.05, 0.1) is 5.52 Å². The summed E-state index contributed by atoms with van der Waals surface area (Å²) in [5.74, 6) is -0.0632. The van der Waals surface area contributed by atoms with Gasteiger partial charge in [0.1, 0.15) is 17.0 Å². The standard InChI is InChI=1S/C13H10N6OS/c14-11(19-20)10-5-6-15-13(18-10)21-12-8-3-1-2-4-9(8)16-7-17-12/h1-7,20H,(H2,14,19). The molecule has 3 aromatic rings. The maximum Gasteiger partial charge on any atom is 0.194 e. The molecule has 104 valence electrons. The Morgan fingerprint density at radius 1 is 1.14 bits per heavy atom. The highest BCUT2D eigenvalue weighted by Crippen LogP contribution is 2.28. The van der Waals surface area contributed by atoms with E-state index in [0.717, 1.165) is 15.9 Å². The molecule has 0 aliphatic carbocycles. The molecule has 7 nitrogen and oxygen atoms in total. The minimum atomic E-state index is -0.0632. The molecular formula is C13H10N6OS. The van der Waals surface area contributed by atoms with Gasteiger partial charge in [-0.25, -0.2) is 19.9 Å². The summed E-state index contributed by atoms with van der Waals surface area (Å²) in [6.45, 7) is 0. The minimum Gasteiger partial charge on any atom is -0.409 e. The van der Waals surface area contributed by atoms with Crippen LogP contribution in [0, 0.1) is 0 Å². The molecule has 0 aliphatic rings. The van der Waals surface area contributed by atoms with Crippen LogP contribution >= 0.6 is 11.8 Å². The Morgan fingerprint density at radius 2 is 2.00 bits per heavy atom. The lowest BCUT2D eigenvalue weighted by atomic mass is 10.2. The van der Waals surface area contributed by atoms with Crippen molar-refractivity contribution in [2.45, 2.75) is 10.2 Å². The van der Waals surface area contributed by atoms with Crippen LogP contribution in [0.25, 0.3) is 10.9 Å². The largest absolute Gasteiger partial charge is 0.409 e. The summed E-state index contributed by atoms with van der Waals surface area (Å²) in [4.78, 5) is 16.8. The number of oxime groups is 1. The summed E-state index contributed by atoms with van der Waals surface area (Å²) in [5.41, 5.74) is 6.73. The summed E-state index contributed by atoms with van der Waals surface area (Å²) in [6, 6.07) is 9.25. The van der Waals surface area contributed by atoms with Gasteiger partial charge in [0.25, 0.3) is 0 Å². The van der Waals surface area contributed by atoms with E-state index in [0.29, 0.717) is 10.9 Å². The van der Waals surface area contributed by atoms with Crippen molar-refractivity contribution in [1.82, 2.24) is 19.9 Å². The minimum absolute atomic E-state index is 0.0632. The van der Waals surface area contributed by atoms with Crippen LogP contribution in [0.5, 0.6) is 0 Å². The van der Waals surface area contributed by atoms with Crippen molar-refractivity contribution in [3.8, 4) is 0 Å². The van der Waals surface area contributed by atoms with E-state index in [2.05, 4.69) is 25.1 Å². The molecule has 0 unspecified atom stereocenters. The van der Waals surface area contributed by atoms with E-state index in [4.69, 9.17) is 10.9 Å². The van der Waals surface area contributed by atoms with E-state index < -0.39 is 0 Å². The Kier molecular flexibility index (Phi) is 3.61. The summed E-state index contributed by atoms with van der Waals surface area (Å²) in [6.07, 6.45) is 3.05. The second-order valence-corrected chi connectivity index (χ2v) is 4.96. The third kappa shape index (κ3) is 2.75. The molecule has 0 fully saturated rings. The Labute approximate surface area is 124 Å². The third-order valence-electron chi connectivity index (χ3n) is 2.70. The van der Waals surface area contributed by atoms with Crippen LogP contribution in [-0.2, 0) is 0 Å². The monoisotopic (exact) mass is 298 g/mol. The number of fused-ring (bicyclic) bond motifs is 1. The number of nitrogens with two attached hydrogens (primary N) is 1. The molecule has 0 atom stereocenters. The zero-order valence-corrected chi connectivity index (χ0v) is 11.5. The van der Waals surface area contributed by atoms with Crippen LogP contribution in [0.3, 0.4) is 0 Å². The number of nitrogens with zero attached hydrogens (tertiary/aromatic N) is 5. The normalized spacial score (nSPS) is 11.7. The molecule has 0 spiro atoms. The molecule has 0 radical (unpaired) electrons. The van der Waals surface area contributed by atoms with Crippen LogP contribution < -0.4 is 5.73 Å². The molecule has 0 amide bonds. The third-order valence-corrected chi connectivity index (χ3v) is 3.60. The molecule has 0 bridgehead atoms. The van der Waals surface area contributed by atoms with Gasteiger partial charge in [-0.05, 0) is 23.9 Å². The molecule has 0 saturated heterocycles. The lowest BCUT2D eigenvalue weighted by molar-refractivity contribution is 0.318. The van der Waals surface area contributed by atoms with Gasteiger partial charge in [-0.3, -0.25) is 0 Å². The molecular weight excluding hydrogens is 288 g/mol. The molecule has 2 aromatic heterocycles. The second kappa shape index (κ2) is 5.71. The first kappa shape index (κ1) is 13.3. The highest BCUT2D eigenvalue weighted by molar-refractivity contribution is 7.99. The molecule has 3 rings (SSSR count). The highest BCUT2D eigenvalue weighted by atomic mass is 32.2. The first-order valence-corrected chi connectivity index (χ1v) is 6.78. The van der Waals surface area contributed by atoms with Crippen molar-refractivity contribution in [3.63, 3.8) is 0 Å². The average Bonchev–Trinajstić information content (AvgIpc) is 2.55. The van der Waals surface area contributed by atoms with Crippen molar-refractivity contribution in [1.29, 1.82) is 0 Å². The zero-order valence-electron chi connectivity index (χ0n) is 10.7. The molecule has 3 N–H and O–H groups in total. The fourth-order valence-electron chi connectivity index (χ4n) is 1.73. The number of hydrogen-bond donors (Lipinski definition) is 2. The van der Waals surface area contributed by atoms with Crippen LogP contribution in [0.15, 0.2) is 58.2 Å². The zero-order chi connectivity index (χ0) is 14.7. The van der Waals surface area contributed by atoms with Crippen LogP contribution in [-0.4, -0.2) is 31.0 Å². The van der Waals surface area contributed by atoms with E-state index in [1.54, 1.807) is 12.3 Å². The summed E-state index contributed by atoms with van der Waals surface area (Å²) >= 11 is 1.29. The van der Waals surface area contributed by atoms with Crippen LogP contribution in [0.1, 0.15) is 5.69 Å². The first-order chi connectivity index (χ1) is 10.3. The van der Waals surface area contributed by atoms with Gasteiger partial charge in [-0.1, -0.05) is 23.4 Å². The molecule has 0 saturated carbocycles. The summed E-state index contributed by atoms with van der Waals surface area (Å²) in [5, 5.41) is 13.7. The molecule has 2 heterocycles. The molecule has 0 aliphatic heterocycles. The number of rotatable bonds is 3. The highest BCUT2D eigenvalue weighted by Gasteiger charge is 2.09. The molecule has 21 heavy (non-hydrogen) atoms. The predicted octanol–water partition coefficient (Wildman–Crippen LogP) is 1.67. The Hall–Kier alpha value is -2.74. The maximum absolute atomic E-state index is 8.69. The van der Waals surface area contributed by atoms with Crippen molar-refractivity contribution in [2.75, 3.05) is 0 Å². The van der Waals surface area contributed by atoms with Gasteiger partial charge in [0, 0.05) is 11.6 Å². The Morgan fingerprint density at radius 3 is 2.86 bits per heavy atom. The number of para-hydroxylation sites is 1. The average molecular weight is 298 g/mol. The van der Waals surface area contributed by atoms with Gasteiger partial charge in [-0.15, -0.1) is 0 Å². The fourth-order valence-corrected chi connectivity index (χ4v) is 2.54. The Balaban J connectivity index is 1.99. The Bertz CT molecular complexity index is 817. The second-order valence-electron chi connectivity index (χ2n) is 4.01. The maximum atomic E-state index is 8.69. The van der Waals surface area contributed by atoms with Crippen molar-refractivity contribution >= 4 is 28.5 Å². The van der Waals surface area contributed by atoms with E-state index in [-0.39, 0.29) is 5.84 Å². The SMILES string of the molecule is N/C(=N/O)c1ccnc(Sc2ncnc3ccccc23)n1. The van der Waals surface area contributed by atoms with E-state index in [1.165, 1.54) is 18.1 Å². The van der Waals surface area contributed by atoms with Gasteiger partial charge >= 0.3 is 0 Å². The topological polar surface area (TPSA) is 110 Å². The molecule has 8 heteroatoms. The number of benzene rings is 1. The number of hydrogen-bond acceptors (Lipinski definition) is 7. The van der Waals surface area contributed by atoms with Gasteiger partial charge < -0.3 is 10.9 Å². The van der Waals surface area contributed by atoms with Gasteiger partial charge in [0.2, 0.25) is 0 Å². The lowest BCUT2D eigenvalue weighted by Crippen LogP contribution is -2.15.